The van der Waals surface area contributed by atoms with Gasteiger partial charge in [0.25, 0.3) is 0 Å². The summed E-state index contributed by atoms with van der Waals surface area (Å²) in [5.41, 5.74) is 5.68. The lowest BCUT2D eigenvalue weighted by Crippen LogP contribution is -2.30. The van der Waals surface area contributed by atoms with Gasteiger partial charge in [-0.05, 0) is 54.7 Å². The van der Waals surface area contributed by atoms with E-state index in [2.05, 4.69) is 105 Å². The van der Waals surface area contributed by atoms with E-state index in [-0.39, 0.29) is 16.7 Å². The van der Waals surface area contributed by atoms with Crippen LogP contribution in [0.15, 0.2) is 42.5 Å². The van der Waals surface area contributed by atoms with Crippen LogP contribution in [0.25, 0.3) is 0 Å². The van der Waals surface area contributed by atoms with Gasteiger partial charge in [-0.1, -0.05) is 117 Å². The molecular weight excluding hydrogens is 372 g/mol. The van der Waals surface area contributed by atoms with Gasteiger partial charge in [-0.2, -0.15) is 0 Å². The van der Waals surface area contributed by atoms with E-state index in [0.717, 1.165) is 24.8 Å². The molecule has 1 aromatic rings. The molecule has 174 valence electrons. The minimum Gasteiger partial charge on any atom is -0.102 e. The second-order valence-corrected chi connectivity index (χ2v) is 9.77. The number of allylic oxidation sites excluding steroid dienone is 3. The summed E-state index contributed by atoms with van der Waals surface area (Å²) in [7, 11) is 0. The quantitative estimate of drug-likeness (QED) is 0.289. The molecule has 1 rings (SSSR count). The van der Waals surface area contributed by atoms with Crippen LogP contribution in [0.4, 0.5) is 0 Å². The molecule has 1 unspecified atom stereocenters. The first-order valence-corrected chi connectivity index (χ1v) is 12.5. The van der Waals surface area contributed by atoms with Gasteiger partial charge in [0.05, 0.1) is 0 Å². The van der Waals surface area contributed by atoms with Crippen molar-refractivity contribution in [2.24, 2.45) is 17.3 Å². The Morgan fingerprint density at radius 1 is 1.06 bits per heavy atom. The Bertz CT molecular complexity index is 751. The Balaban J connectivity index is 0.00000436. The Kier molecular flexibility index (Phi) is 12.9. The highest BCUT2D eigenvalue weighted by atomic mass is 14.4. The Hall–Kier alpha value is -1.74. The van der Waals surface area contributed by atoms with Gasteiger partial charge in [-0.3, -0.25) is 0 Å². The number of rotatable bonds is 8. The normalized spacial score (nSPS) is 13.1. The van der Waals surface area contributed by atoms with Crippen LogP contribution in [0.1, 0.15) is 112 Å². The smallest absolute Gasteiger partial charge is 0.0432 e. The molecular formula is C31H50. The first-order valence-electron chi connectivity index (χ1n) is 12.5. The van der Waals surface area contributed by atoms with Gasteiger partial charge < -0.3 is 0 Å². The van der Waals surface area contributed by atoms with E-state index in [0.29, 0.717) is 5.92 Å². The van der Waals surface area contributed by atoms with E-state index in [4.69, 9.17) is 0 Å². The van der Waals surface area contributed by atoms with Crippen LogP contribution in [0.2, 0.25) is 0 Å². The lowest BCUT2D eigenvalue weighted by atomic mass is 9.66. The number of hydrogen-bond donors (Lipinski definition) is 0. The molecule has 0 fully saturated rings. The van der Waals surface area contributed by atoms with Crippen molar-refractivity contribution in [2.75, 3.05) is 0 Å². The van der Waals surface area contributed by atoms with Gasteiger partial charge in [0.15, 0.2) is 0 Å². The fourth-order valence-electron chi connectivity index (χ4n) is 4.40. The SMILES string of the molecule is C=CC(C#Cc1ccc(C(CC)(CC)/C(=C/CCC)C(C)C)cc1C)C(C)(C)C.CC. The summed E-state index contributed by atoms with van der Waals surface area (Å²) < 4.78 is 0. The summed E-state index contributed by atoms with van der Waals surface area (Å²) in [6, 6.07) is 6.95. The predicted molar refractivity (Wildman–Crippen MR) is 143 cm³/mol. The van der Waals surface area contributed by atoms with Gasteiger partial charge in [-0.25, -0.2) is 0 Å². The van der Waals surface area contributed by atoms with E-state index in [9.17, 15) is 0 Å². The van der Waals surface area contributed by atoms with Gasteiger partial charge in [0.2, 0.25) is 0 Å². The predicted octanol–water partition coefficient (Wildman–Crippen LogP) is 9.66. The van der Waals surface area contributed by atoms with Crippen LogP contribution >= 0.6 is 0 Å². The van der Waals surface area contributed by atoms with E-state index in [1.807, 2.05) is 19.9 Å². The van der Waals surface area contributed by atoms with Gasteiger partial charge in [-0.15, -0.1) is 6.58 Å². The topological polar surface area (TPSA) is 0 Å². The van der Waals surface area contributed by atoms with Crippen molar-refractivity contribution < 1.29 is 0 Å². The molecule has 1 aromatic carbocycles. The molecule has 0 N–H and O–H groups in total. The highest BCUT2D eigenvalue weighted by Crippen LogP contribution is 2.43. The first-order chi connectivity index (χ1) is 14.6. The monoisotopic (exact) mass is 422 g/mol. The zero-order chi connectivity index (χ0) is 24.2. The minimum absolute atomic E-state index is 0.110. The second kappa shape index (κ2) is 13.6. The van der Waals surface area contributed by atoms with Crippen LogP contribution in [0.3, 0.4) is 0 Å². The maximum absolute atomic E-state index is 3.98. The van der Waals surface area contributed by atoms with Crippen molar-refractivity contribution in [3.63, 3.8) is 0 Å². The third kappa shape index (κ3) is 7.71. The Morgan fingerprint density at radius 3 is 2.03 bits per heavy atom. The summed E-state index contributed by atoms with van der Waals surface area (Å²) in [6.45, 7) is 28.5. The summed E-state index contributed by atoms with van der Waals surface area (Å²) in [5, 5.41) is 0. The van der Waals surface area contributed by atoms with Gasteiger partial charge in [0.1, 0.15) is 0 Å². The summed E-state index contributed by atoms with van der Waals surface area (Å²) in [5.74, 6) is 7.63. The molecule has 0 saturated heterocycles. The maximum atomic E-state index is 3.98. The van der Waals surface area contributed by atoms with Crippen molar-refractivity contribution in [3.05, 3.63) is 59.2 Å². The number of hydrogen-bond acceptors (Lipinski definition) is 0. The number of aryl methyl sites for hydroxylation is 1. The molecule has 0 nitrogen and oxygen atoms in total. The molecule has 31 heavy (non-hydrogen) atoms. The third-order valence-electron chi connectivity index (χ3n) is 6.34. The van der Waals surface area contributed by atoms with Gasteiger partial charge >= 0.3 is 0 Å². The van der Waals surface area contributed by atoms with E-state index in [1.165, 1.54) is 17.5 Å². The van der Waals surface area contributed by atoms with Crippen molar-refractivity contribution in [3.8, 4) is 11.8 Å². The van der Waals surface area contributed by atoms with E-state index >= 15 is 0 Å². The average Bonchev–Trinajstić information content (AvgIpc) is 2.73. The van der Waals surface area contributed by atoms with Crippen LogP contribution in [0.5, 0.6) is 0 Å². The number of benzene rings is 1. The van der Waals surface area contributed by atoms with Crippen molar-refractivity contribution in [1.29, 1.82) is 0 Å². The fourth-order valence-corrected chi connectivity index (χ4v) is 4.40. The molecule has 0 heterocycles. The van der Waals surface area contributed by atoms with Crippen LogP contribution in [-0.4, -0.2) is 0 Å². The van der Waals surface area contributed by atoms with Crippen molar-refractivity contribution >= 4 is 0 Å². The van der Waals surface area contributed by atoms with Crippen LogP contribution < -0.4 is 0 Å². The summed E-state index contributed by atoms with van der Waals surface area (Å²) in [6.07, 6.45) is 9.11. The second-order valence-electron chi connectivity index (χ2n) is 9.77. The molecule has 0 aliphatic heterocycles. The zero-order valence-corrected chi connectivity index (χ0v) is 22.6. The van der Waals surface area contributed by atoms with Crippen LogP contribution in [-0.2, 0) is 5.41 Å². The largest absolute Gasteiger partial charge is 0.102 e. The molecule has 0 radical (unpaired) electrons. The van der Waals surface area contributed by atoms with Crippen molar-refractivity contribution in [1.82, 2.24) is 0 Å². The number of unbranched alkanes of at least 4 members (excludes halogenated alkanes) is 1. The summed E-state index contributed by atoms with van der Waals surface area (Å²) >= 11 is 0. The molecule has 0 heteroatoms. The molecule has 0 aromatic heterocycles. The lowest BCUT2D eigenvalue weighted by Gasteiger charge is -2.38. The fraction of sp³-hybridized carbons (Fsp3) is 0.613. The first kappa shape index (κ1) is 29.3. The average molecular weight is 423 g/mol. The third-order valence-corrected chi connectivity index (χ3v) is 6.34. The minimum atomic E-state index is 0.110. The highest BCUT2D eigenvalue weighted by Gasteiger charge is 2.34. The molecule has 0 bridgehead atoms. The Labute approximate surface area is 195 Å². The highest BCUT2D eigenvalue weighted by molar-refractivity contribution is 5.48. The molecule has 0 saturated carbocycles. The standard InChI is InChI=1S/C29H44.C2H6/c1-11-15-16-27(22(5)6)29(13-3,14-4)26-20-18-24(23(7)21-26)17-19-25(12-2)28(8,9)10;1-2/h12,16,18,20-22,25H,2,11,13-15H2,1,3-10H3;1-2H3/b27-16+;. The maximum Gasteiger partial charge on any atom is 0.0432 e. The molecule has 0 aliphatic rings. The van der Waals surface area contributed by atoms with Crippen LogP contribution in [0, 0.1) is 36.0 Å². The molecule has 0 amide bonds. The molecule has 0 spiro atoms. The summed E-state index contributed by atoms with van der Waals surface area (Å²) in [4.78, 5) is 0. The van der Waals surface area contributed by atoms with E-state index in [1.54, 1.807) is 5.57 Å². The van der Waals surface area contributed by atoms with Crippen molar-refractivity contribution in [2.45, 2.75) is 107 Å². The van der Waals surface area contributed by atoms with Gasteiger partial charge in [0, 0.05) is 16.9 Å². The Morgan fingerprint density at radius 2 is 1.65 bits per heavy atom. The molecule has 1 atom stereocenters. The van der Waals surface area contributed by atoms with E-state index < -0.39 is 0 Å². The lowest BCUT2D eigenvalue weighted by molar-refractivity contribution is 0.353. The zero-order valence-electron chi connectivity index (χ0n) is 22.6. The molecule has 0 aliphatic carbocycles.